The van der Waals surface area contributed by atoms with Crippen LogP contribution in [0.25, 0.3) is 10.1 Å². The van der Waals surface area contributed by atoms with Crippen LogP contribution in [0.4, 0.5) is 13.2 Å². The molecule has 0 aliphatic rings. The van der Waals surface area contributed by atoms with Gasteiger partial charge in [-0.15, -0.1) is 11.3 Å². The summed E-state index contributed by atoms with van der Waals surface area (Å²) in [6.07, 6.45) is -3.50. The lowest BCUT2D eigenvalue weighted by Crippen LogP contribution is -2.25. The summed E-state index contributed by atoms with van der Waals surface area (Å²) in [5.74, 6) is -0.236. The van der Waals surface area contributed by atoms with Crippen molar-refractivity contribution in [3.05, 3.63) is 63.8 Å². The van der Waals surface area contributed by atoms with Crippen molar-refractivity contribution in [1.29, 1.82) is 0 Å². The van der Waals surface area contributed by atoms with E-state index in [1.165, 1.54) is 11.3 Å². The van der Waals surface area contributed by atoms with Gasteiger partial charge in [-0.2, -0.15) is 13.2 Å². The Morgan fingerprint density at radius 2 is 2.04 bits per heavy atom. The standard InChI is InChI=1S/C17H12ClF3N2OS/c18-13-7-10(17(19,20)21)8-23-14(13)5-6-22-16(24)12-9-25-15-4-2-1-3-11(12)15/h1-4,7-9H,5-6H2,(H,22,24). The number of nitrogens with one attached hydrogen (secondary N) is 1. The minimum atomic E-state index is -4.48. The number of pyridine rings is 1. The number of nitrogens with zero attached hydrogens (tertiary/aromatic N) is 1. The second-order valence-corrected chi connectivity index (χ2v) is 6.62. The monoisotopic (exact) mass is 384 g/mol. The molecule has 0 fully saturated rings. The molecule has 0 aliphatic heterocycles. The molecule has 0 saturated heterocycles. The van der Waals surface area contributed by atoms with Crippen LogP contribution in [0.15, 0.2) is 41.9 Å². The zero-order valence-electron chi connectivity index (χ0n) is 12.7. The number of hydrogen-bond acceptors (Lipinski definition) is 3. The molecule has 3 aromatic rings. The maximum absolute atomic E-state index is 12.6. The number of alkyl halides is 3. The van der Waals surface area contributed by atoms with E-state index < -0.39 is 11.7 Å². The van der Waals surface area contributed by atoms with Crippen LogP contribution >= 0.6 is 22.9 Å². The SMILES string of the molecule is O=C(NCCc1ncc(C(F)(F)F)cc1Cl)c1csc2ccccc12. The van der Waals surface area contributed by atoms with Gasteiger partial charge in [0.15, 0.2) is 0 Å². The molecule has 0 bridgehead atoms. The number of benzene rings is 1. The summed E-state index contributed by atoms with van der Waals surface area (Å²) in [7, 11) is 0. The van der Waals surface area contributed by atoms with Crippen LogP contribution in [0, 0.1) is 0 Å². The summed E-state index contributed by atoms with van der Waals surface area (Å²) < 4.78 is 38.8. The number of carbonyl (C=O) groups is 1. The first-order valence-corrected chi connectivity index (χ1v) is 8.58. The second kappa shape index (κ2) is 7.01. The zero-order chi connectivity index (χ0) is 18.0. The molecule has 8 heteroatoms. The number of aromatic nitrogens is 1. The van der Waals surface area contributed by atoms with Crippen molar-refractivity contribution in [2.45, 2.75) is 12.6 Å². The van der Waals surface area contributed by atoms with Crippen molar-refractivity contribution in [2.24, 2.45) is 0 Å². The lowest BCUT2D eigenvalue weighted by molar-refractivity contribution is -0.137. The van der Waals surface area contributed by atoms with Crippen molar-refractivity contribution < 1.29 is 18.0 Å². The van der Waals surface area contributed by atoms with Crippen LogP contribution in [0.5, 0.6) is 0 Å². The third kappa shape index (κ3) is 3.93. The van der Waals surface area contributed by atoms with E-state index in [0.29, 0.717) is 11.3 Å². The Hall–Kier alpha value is -2.12. The van der Waals surface area contributed by atoms with Crippen LogP contribution < -0.4 is 5.32 Å². The summed E-state index contributed by atoms with van der Waals surface area (Å²) >= 11 is 7.33. The number of fused-ring (bicyclic) bond motifs is 1. The molecule has 0 radical (unpaired) electrons. The summed E-state index contributed by atoms with van der Waals surface area (Å²) in [6.45, 7) is 0.223. The van der Waals surface area contributed by atoms with E-state index in [2.05, 4.69) is 10.3 Å². The Morgan fingerprint density at radius 3 is 2.76 bits per heavy atom. The van der Waals surface area contributed by atoms with Gasteiger partial charge in [0.05, 0.1) is 21.8 Å². The number of amides is 1. The molecule has 0 aliphatic carbocycles. The Morgan fingerprint density at radius 1 is 1.28 bits per heavy atom. The smallest absolute Gasteiger partial charge is 0.352 e. The molecule has 25 heavy (non-hydrogen) atoms. The molecule has 0 unspecified atom stereocenters. The lowest BCUT2D eigenvalue weighted by Gasteiger charge is -2.09. The number of carbonyl (C=O) groups excluding carboxylic acids is 1. The fraction of sp³-hybridized carbons (Fsp3) is 0.176. The average molecular weight is 385 g/mol. The van der Waals surface area contributed by atoms with Crippen molar-refractivity contribution in [2.75, 3.05) is 6.54 Å². The lowest BCUT2D eigenvalue weighted by atomic mass is 10.1. The first-order chi connectivity index (χ1) is 11.9. The molecule has 1 N–H and O–H groups in total. The molecular formula is C17H12ClF3N2OS. The predicted octanol–water partition coefficient (Wildman–Crippen LogP) is 4.94. The highest BCUT2D eigenvalue weighted by molar-refractivity contribution is 7.17. The Labute approximate surface area is 150 Å². The van der Waals surface area contributed by atoms with E-state index in [-0.39, 0.29) is 23.9 Å². The molecule has 130 valence electrons. The van der Waals surface area contributed by atoms with Gasteiger partial charge in [0.25, 0.3) is 5.91 Å². The topological polar surface area (TPSA) is 42.0 Å². The molecule has 0 saturated carbocycles. The Balaban J connectivity index is 1.64. The number of thiophene rings is 1. The highest BCUT2D eigenvalue weighted by atomic mass is 35.5. The number of halogens is 4. The van der Waals surface area contributed by atoms with Gasteiger partial charge in [-0.1, -0.05) is 29.8 Å². The van der Waals surface area contributed by atoms with Gasteiger partial charge in [0.2, 0.25) is 0 Å². The van der Waals surface area contributed by atoms with Gasteiger partial charge >= 0.3 is 6.18 Å². The fourth-order valence-electron chi connectivity index (χ4n) is 2.35. The van der Waals surface area contributed by atoms with Gasteiger partial charge in [-0.3, -0.25) is 9.78 Å². The second-order valence-electron chi connectivity index (χ2n) is 5.30. The van der Waals surface area contributed by atoms with Crippen LogP contribution in [0.1, 0.15) is 21.6 Å². The summed E-state index contributed by atoms with van der Waals surface area (Å²) in [5, 5.41) is 5.33. The normalized spacial score (nSPS) is 11.7. The zero-order valence-corrected chi connectivity index (χ0v) is 14.3. The van der Waals surface area contributed by atoms with Crippen LogP contribution in [-0.2, 0) is 12.6 Å². The van der Waals surface area contributed by atoms with Gasteiger partial charge in [0, 0.05) is 34.6 Å². The Kier molecular flexibility index (Phi) is 4.96. The van der Waals surface area contributed by atoms with Crippen molar-refractivity contribution in [1.82, 2.24) is 10.3 Å². The number of hydrogen-bond donors (Lipinski definition) is 1. The summed E-state index contributed by atoms with van der Waals surface area (Å²) in [6, 6.07) is 8.41. The summed E-state index contributed by atoms with van der Waals surface area (Å²) in [5.41, 5.74) is -0.00718. The quantitative estimate of drug-likeness (QED) is 0.692. The molecule has 2 heterocycles. The largest absolute Gasteiger partial charge is 0.417 e. The first kappa shape index (κ1) is 17.7. The third-order valence-electron chi connectivity index (χ3n) is 3.62. The molecule has 1 amide bonds. The molecular weight excluding hydrogens is 373 g/mol. The fourth-order valence-corrected chi connectivity index (χ4v) is 3.55. The minimum absolute atomic E-state index is 0.0648. The first-order valence-electron chi connectivity index (χ1n) is 7.32. The van der Waals surface area contributed by atoms with E-state index in [4.69, 9.17) is 11.6 Å². The number of rotatable bonds is 4. The maximum Gasteiger partial charge on any atom is 0.417 e. The average Bonchev–Trinajstić information content (AvgIpc) is 2.99. The molecule has 0 atom stereocenters. The van der Waals surface area contributed by atoms with Crippen LogP contribution in [-0.4, -0.2) is 17.4 Å². The Bertz CT molecular complexity index is 924. The van der Waals surface area contributed by atoms with E-state index in [1.54, 1.807) is 5.38 Å². The van der Waals surface area contributed by atoms with Gasteiger partial charge in [-0.05, 0) is 12.1 Å². The molecule has 3 rings (SSSR count). The van der Waals surface area contributed by atoms with Gasteiger partial charge < -0.3 is 5.32 Å². The third-order valence-corrected chi connectivity index (χ3v) is 4.91. The highest BCUT2D eigenvalue weighted by Gasteiger charge is 2.31. The van der Waals surface area contributed by atoms with Crippen molar-refractivity contribution >= 4 is 38.9 Å². The molecule has 1 aromatic carbocycles. The summed E-state index contributed by atoms with van der Waals surface area (Å²) in [4.78, 5) is 16.0. The van der Waals surface area contributed by atoms with E-state index >= 15 is 0 Å². The van der Waals surface area contributed by atoms with Crippen LogP contribution in [0.2, 0.25) is 5.02 Å². The molecule has 0 spiro atoms. The van der Waals surface area contributed by atoms with Crippen molar-refractivity contribution in [3.8, 4) is 0 Å². The van der Waals surface area contributed by atoms with Crippen LogP contribution in [0.3, 0.4) is 0 Å². The van der Waals surface area contributed by atoms with E-state index in [0.717, 1.165) is 22.3 Å². The van der Waals surface area contributed by atoms with Gasteiger partial charge in [-0.25, -0.2) is 0 Å². The van der Waals surface area contributed by atoms with Gasteiger partial charge in [0.1, 0.15) is 0 Å². The maximum atomic E-state index is 12.6. The minimum Gasteiger partial charge on any atom is -0.352 e. The highest BCUT2D eigenvalue weighted by Crippen LogP contribution is 2.31. The predicted molar refractivity (Wildman–Crippen MR) is 92.1 cm³/mol. The van der Waals surface area contributed by atoms with Crippen molar-refractivity contribution in [3.63, 3.8) is 0 Å². The molecule has 3 nitrogen and oxygen atoms in total. The van der Waals surface area contributed by atoms with E-state index in [1.807, 2.05) is 24.3 Å². The van der Waals surface area contributed by atoms with E-state index in [9.17, 15) is 18.0 Å². The molecule has 2 aromatic heterocycles.